The Morgan fingerprint density at radius 3 is 2.30 bits per heavy atom. The maximum absolute atomic E-state index is 12.1. The number of rotatable bonds is 7. The van der Waals surface area contributed by atoms with Crippen molar-refractivity contribution in [2.75, 3.05) is 44.2 Å². The summed E-state index contributed by atoms with van der Waals surface area (Å²) in [6, 6.07) is 16.1. The van der Waals surface area contributed by atoms with E-state index in [2.05, 4.69) is 39.4 Å². The van der Waals surface area contributed by atoms with Crippen molar-refractivity contribution >= 4 is 17.3 Å². The lowest BCUT2D eigenvalue weighted by atomic mass is 10.2. The molecular formula is C20H24N4O3. The largest absolute Gasteiger partial charge is 0.369 e. The first-order valence-corrected chi connectivity index (χ1v) is 9.18. The van der Waals surface area contributed by atoms with Crippen LogP contribution >= 0.6 is 0 Å². The van der Waals surface area contributed by atoms with Crippen molar-refractivity contribution in [2.45, 2.75) is 6.42 Å². The Kier molecular flexibility index (Phi) is 6.38. The summed E-state index contributed by atoms with van der Waals surface area (Å²) < 4.78 is 0. The van der Waals surface area contributed by atoms with Crippen LogP contribution in [0.25, 0.3) is 0 Å². The molecule has 0 unspecified atom stereocenters. The van der Waals surface area contributed by atoms with Crippen LogP contribution < -0.4 is 10.2 Å². The highest BCUT2D eigenvalue weighted by Gasteiger charge is 2.16. The molecule has 7 nitrogen and oxygen atoms in total. The Labute approximate surface area is 158 Å². The van der Waals surface area contributed by atoms with Crippen molar-refractivity contribution in [1.82, 2.24) is 10.2 Å². The number of hydrogen-bond donors (Lipinski definition) is 1. The zero-order valence-electron chi connectivity index (χ0n) is 15.2. The van der Waals surface area contributed by atoms with Gasteiger partial charge in [0.15, 0.2) is 0 Å². The second kappa shape index (κ2) is 9.14. The van der Waals surface area contributed by atoms with Gasteiger partial charge in [-0.25, -0.2) is 0 Å². The van der Waals surface area contributed by atoms with Gasteiger partial charge in [-0.2, -0.15) is 0 Å². The summed E-state index contributed by atoms with van der Waals surface area (Å²) in [7, 11) is 0. The first kappa shape index (κ1) is 18.8. The van der Waals surface area contributed by atoms with Gasteiger partial charge in [0.1, 0.15) is 0 Å². The summed E-state index contributed by atoms with van der Waals surface area (Å²) in [4.78, 5) is 27.1. The fourth-order valence-corrected chi connectivity index (χ4v) is 3.21. The summed E-state index contributed by atoms with van der Waals surface area (Å²) in [5, 5.41) is 13.5. The molecule has 0 saturated carbocycles. The molecule has 0 radical (unpaired) electrons. The Balaban J connectivity index is 1.34. The molecule has 1 fully saturated rings. The minimum atomic E-state index is -0.473. The lowest BCUT2D eigenvalue weighted by Gasteiger charge is -2.36. The van der Waals surface area contributed by atoms with E-state index in [0.29, 0.717) is 12.1 Å². The number of piperazine rings is 1. The van der Waals surface area contributed by atoms with Crippen LogP contribution in [0.4, 0.5) is 11.4 Å². The smallest absolute Gasteiger partial charge is 0.269 e. The van der Waals surface area contributed by atoms with E-state index in [1.54, 1.807) is 0 Å². The molecule has 7 heteroatoms. The topological polar surface area (TPSA) is 78.7 Å². The van der Waals surface area contributed by atoms with Crippen LogP contribution in [0.1, 0.15) is 16.8 Å². The summed E-state index contributed by atoms with van der Waals surface area (Å²) in [5.74, 6) is -0.196. The van der Waals surface area contributed by atoms with E-state index < -0.39 is 4.92 Å². The van der Waals surface area contributed by atoms with Crippen molar-refractivity contribution in [1.29, 1.82) is 0 Å². The number of nitrogens with one attached hydrogen (secondary N) is 1. The molecule has 0 aromatic heterocycles. The molecule has 0 atom stereocenters. The van der Waals surface area contributed by atoms with E-state index in [1.165, 1.54) is 30.0 Å². The number of amides is 1. The molecule has 3 rings (SSSR count). The predicted molar refractivity (Wildman–Crippen MR) is 105 cm³/mol. The fraction of sp³-hybridized carbons (Fsp3) is 0.350. The highest BCUT2D eigenvalue weighted by Crippen LogP contribution is 2.15. The quantitative estimate of drug-likeness (QED) is 0.462. The average molecular weight is 368 g/mol. The van der Waals surface area contributed by atoms with Crippen molar-refractivity contribution in [3.8, 4) is 0 Å². The van der Waals surface area contributed by atoms with E-state index >= 15 is 0 Å². The van der Waals surface area contributed by atoms with Gasteiger partial charge in [0.2, 0.25) is 0 Å². The molecule has 1 heterocycles. The number of carbonyl (C=O) groups is 1. The number of benzene rings is 2. The number of anilines is 1. The molecule has 2 aromatic carbocycles. The number of para-hydroxylation sites is 1. The molecule has 1 N–H and O–H groups in total. The first-order chi connectivity index (χ1) is 13.1. The lowest BCUT2D eigenvalue weighted by molar-refractivity contribution is -0.384. The number of nitrogens with zero attached hydrogens (tertiary/aromatic N) is 3. The maximum atomic E-state index is 12.1. The molecule has 0 bridgehead atoms. The fourth-order valence-electron chi connectivity index (χ4n) is 3.21. The monoisotopic (exact) mass is 368 g/mol. The summed E-state index contributed by atoms with van der Waals surface area (Å²) >= 11 is 0. The highest BCUT2D eigenvalue weighted by molar-refractivity contribution is 5.94. The highest BCUT2D eigenvalue weighted by atomic mass is 16.6. The van der Waals surface area contributed by atoms with E-state index in [1.807, 2.05) is 6.07 Å². The molecule has 1 saturated heterocycles. The summed E-state index contributed by atoms with van der Waals surface area (Å²) in [6.45, 7) is 5.60. The summed E-state index contributed by atoms with van der Waals surface area (Å²) in [6.07, 6.45) is 0.879. The molecule has 1 amide bonds. The average Bonchev–Trinajstić information content (AvgIpc) is 2.72. The summed E-state index contributed by atoms with van der Waals surface area (Å²) in [5.41, 5.74) is 1.70. The minimum absolute atomic E-state index is 0.0128. The van der Waals surface area contributed by atoms with Gasteiger partial charge in [0.05, 0.1) is 4.92 Å². The van der Waals surface area contributed by atoms with Crippen molar-refractivity contribution in [3.63, 3.8) is 0 Å². The van der Waals surface area contributed by atoms with Gasteiger partial charge in [-0.05, 0) is 37.2 Å². The second-order valence-electron chi connectivity index (χ2n) is 6.58. The van der Waals surface area contributed by atoms with E-state index in [0.717, 1.165) is 39.1 Å². The minimum Gasteiger partial charge on any atom is -0.369 e. The van der Waals surface area contributed by atoms with E-state index in [-0.39, 0.29) is 11.6 Å². The standard InChI is InChI=1S/C20H24N4O3/c25-20(17-7-9-19(10-8-17)24(26)27)21-11-4-12-22-13-15-23(16-14-22)18-5-2-1-3-6-18/h1-3,5-10H,4,11-16H2,(H,21,25). The normalized spacial score (nSPS) is 14.7. The van der Waals surface area contributed by atoms with Crippen LogP contribution in [0.5, 0.6) is 0 Å². The molecule has 2 aromatic rings. The third kappa shape index (κ3) is 5.27. The molecule has 142 valence electrons. The van der Waals surface area contributed by atoms with Gasteiger partial charge < -0.3 is 10.2 Å². The SMILES string of the molecule is O=C(NCCCN1CCN(c2ccccc2)CC1)c1ccc([N+](=O)[O-])cc1. The van der Waals surface area contributed by atoms with Crippen LogP contribution in [0, 0.1) is 10.1 Å². The Hall–Kier alpha value is -2.93. The van der Waals surface area contributed by atoms with Crippen molar-refractivity contribution < 1.29 is 9.72 Å². The van der Waals surface area contributed by atoms with E-state index in [9.17, 15) is 14.9 Å². The molecule has 0 spiro atoms. The zero-order chi connectivity index (χ0) is 19.1. The van der Waals surface area contributed by atoms with Crippen LogP contribution in [-0.4, -0.2) is 55.0 Å². The maximum Gasteiger partial charge on any atom is 0.269 e. The molecule has 1 aliphatic rings. The number of non-ortho nitro benzene ring substituents is 1. The molecule has 1 aliphatic heterocycles. The van der Waals surface area contributed by atoms with Gasteiger partial charge in [0.25, 0.3) is 11.6 Å². The number of carbonyl (C=O) groups excluding carboxylic acids is 1. The Bertz CT molecular complexity index is 757. The number of nitro benzene ring substituents is 1. The third-order valence-electron chi connectivity index (χ3n) is 4.77. The van der Waals surface area contributed by atoms with Crippen LogP contribution in [0.2, 0.25) is 0 Å². The first-order valence-electron chi connectivity index (χ1n) is 9.18. The van der Waals surface area contributed by atoms with Gasteiger partial charge in [-0.3, -0.25) is 19.8 Å². The Morgan fingerprint density at radius 2 is 1.67 bits per heavy atom. The second-order valence-corrected chi connectivity index (χ2v) is 6.58. The van der Waals surface area contributed by atoms with Gasteiger partial charge in [-0.15, -0.1) is 0 Å². The lowest BCUT2D eigenvalue weighted by Crippen LogP contribution is -2.47. The van der Waals surface area contributed by atoms with Crippen molar-refractivity contribution in [2.24, 2.45) is 0 Å². The van der Waals surface area contributed by atoms with Gasteiger partial charge in [0, 0.05) is 56.1 Å². The zero-order valence-corrected chi connectivity index (χ0v) is 15.2. The van der Waals surface area contributed by atoms with Crippen LogP contribution in [-0.2, 0) is 0 Å². The van der Waals surface area contributed by atoms with Crippen LogP contribution in [0.3, 0.4) is 0 Å². The van der Waals surface area contributed by atoms with Crippen molar-refractivity contribution in [3.05, 3.63) is 70.3 Å². The predicted octanol–water partition coefficient (Wildman–Crippen LogP) is 2.54. The molecule has 0 aliphatic carbocycles. The van der Waals surface area contributed by atoms with Crippen LogP contribution in [0.15, 0.2) is 54.6 Å². The molecule has 27 heavy (non-hydrogen) atoms. The van der Waals surface area contributed by atoms with Gasteiger partial charge in [-0.1, -0.05) is 18.2 Å². The Morgan fingerprint density at radius 1 is 1.00 bits per heavy atom. The van der Waals surface area contributed by atoms with E-state index in [4.69, 9.17) is 0 Å². The number of nitro groups is 1. The third-order valence-corrected chi connectivity index (χ3v) is 4.77. The van der Waals surface area contributed by atoms with Gasteiger partial charge >= 0.3 is 0 Å². The number of hydrogen-bond acceptors (Lipinski definition) is 5. The molecular weight excluding hydrogens is 344 g/mol.